The first-order valence-corrected chi connectivity index (χ1v) is 8.97. The van der Waals surface area contributed by atoms with Crippen LogP contribution < -0.4 is 19.3 Å². The van der Waals surface area contributed by atoms with Gasteiger partial charge >= 0.3 is 0 Å². The van der Waals surface area contributed by atoms with E-state index in [0.29, 0.717) is 13.3 Å². The highest BCUT2D eigenvalue weighted by atomic mass is 16.7. The summed E-state index contributed by atoms with van der Waals surface area (Å²) in [6.45, 7) is 6.15. The zero-order valence-corrected chi connectivity index (χ0v) is 14.6. The lowest BCUT2D eigenvalue weighted by molar-refractivity contribution is -1.02. The normalized spacial score (nSPS) is 21.5. The summed E-state index contributed by atoms with van der Waals surface area (Å²) < 4.78 is 10.8. The van der Waals surface area contributed by atoms with E-state index in [1.165, 1.54) is 15.4 Å². The second kappa shape index (κ2) is 7.31. The SMILES string of the molecule is O=[N+]([O-])c1ccccc1C[NH+]1CC[NH+](Cc2ccc3c(c2)OCO3)CC1. The maximum Gasteiger partial charge on any atom is 0.278 e. The average molecular weight is 357 g/mol. The minimum atomic E-state index is -0.282. The van der Waals surface area contributed by atoms with Crippen molar-refractivity contribution in [2.45, 2.75) is 13.1 Å². The number of nitro benzene ring substituents is 1. The maximum absolute atomic E-state index is 11.2. The van der Waals surface area contributed by atoms with Crippen LogP contribution in [0.1, 0.15) is 11.1 Å². The fourth-order valence-corrected chi connectivity index (χ4v) is 3.76. The van der Waals surface area contributed by atoms with Crippen molar-refractivity contribution in [3.8, 4) is 11.5 Å². The van der Waals surface area contributed by atoms with Crippen LogP contribution in [0.2, 0.25) is 0 Å². The van der Waals surface area contributed by atoms with Crippen LogP contribution in [0.5, 0.6) is 11.5 Å². The number of benzene rings is 2. The summed E-state index contributed by atoms with van der Waals surface area (Å²) in [5.41, 5.74) is 2.31. The molecule has 2 aliphatic heterocycles. The Morgan fingerprint density at radius 2 is 1.62 bits per heavy atom. The van der Waals surface area contributed by atoms with Gasteiger partial charge in [-0.1, -0.05) is 12.1 Å². The number of rotatable bonds is 5. The number of hydrogen-bond donors (Lipinski definition) is 2. The van der Waals surface area contributed by atoms with Gasteiger partial charge < -0.3 is 19.3 Å². The molecular weight excluding hydrogens is 334 g/mol. The summed E-state index contributed by atoms with van der Waals surface area (Å²) in [5, 5.41) is 11.2. The highest BCUT2D eigenvalue weighted by Gasteiger charge is 2.26. The molecule has 0 amide bonds. The summed E-state index contributed by atoms with van der Waals surface area (Å²) in [4.78, 5) is 13.8. The van der Waals surface area contributed by atoms with Gasteiger partial charge in [-0.2, -0.15) is 0 Å². The zero-order chi connectivity index (χ0) is 17.9. The van der Waals surface area contributed by atoms with Crippen LogP contribution in [0.3, 0.4) is 0 Å². The summed E-state index contributed by atoms with van der Waals surface area (Å²) in [6.07, 6.45) is 0. The van der Waals surface area contributed by atoms with Crippen molar-refractivity contribution in [1.29, 1.82) is 0 Å². The lowest BCUT2D eigenvalue weighted by atomic mass is 10.1. The van der Waals surface area contributed by atoms with Crippen LogP contribution in [-0.2, 0) is 13.1 Å². The Balaban J connectivity index is 1.32. The fraction of sp³-hybridized carbons (Fsp3) is 0.368. The molecule has 0 aliphatic carbocycles. The van der Waals surface area contributed by atoms with Gasteiger partial charge in [-0.05, 0) is 24.3 Å². The largest absolute Gasteiger partial charge is 0.454 e. The molecule has 0 aromatic heterocycles. The highest BCUT2D eigenvalue weighted by Crippen LogP contribution is 2.32. The van der Waals surface area contributed by atoms with Gasteiger partial charge in [-0.3, -0.25) is 10.1 Å². The lowest BCUT2D eigenvalue weighted by Gasteiger charge is -2.29. The van der Waals surface area contributed by atoms with Gasteiger partial charge in [0.1, 0.15) is 39.3 Å². The molecule has 0 saturated carbocycles. The molecule has 26 heavy (non-hydrogen) atoms. The van der Waals surface area contributed by atoms with E-state index in [0.717, 1.165) is 49.8 Å². The van der Waals surface area contributed by atoms with Crippen LogP contribution in [0.25, 0.3) is 0 Å². The maximum atomic E-state index is 11.2. The quantitative estimate of drug-likeness (QED) is 0.575. The Labute approximate surface area is 151 Å². The molecule has 2 heterocycles. The highest BCUT2D eigenvalue weighted by molar-refractivity contribution is 5.44. The smallest absolute Gasteiger partial charge is 0.278 e. The number of fused-ring (bicyclic) bond motifs is 1. The number of nitro groups is 1. The lowest BCUT2D eigenvalue weighted by Crippen LogP contribution is -3.27. The number of quaternary nitrogens is 2. The molecular formula is C19H23N3O4+2. The third-order valence-corrected chi connectivity index (χ3v) is 5.18. The van der Waals surface area contributed by atoms with Crippen molar-refractivity contribution in [2.75, 3.05) is 33.0 Å². The van der Waals surface area contributed by atoms with Gasteiger partial charge in [0.25, 0.3) is 5.69 Å². The van der Waals surface area contributed by atoms with Gasteiger partial charge in [0.2, 0.25) is 6.79 Å². The Hall–Kier alpha value is -2.64. The predicted molar refractivity (Wildman–Crippen MR) is 94.5 cm³/mol. The summed E-state index contributed by atoms with van der Waals surface area (Å²) in [7, 11) is 0. The van der Waals surface area contributed by atoms with E-state index in [4.69, 9.17) is 9.47 Å². The van der Waals surface area contributed by atoms with Crippen LogP contribution in [-0.4, -0.2) is 37.9 Å². The van der Waals surface area contributed by atoms with Gasteiger partial charge in [0, 0.05) is 11.6 Å². The van der Waals surface area contributed by atoms with E-state index in [1.54, 1.807) is 12.1 Å². The van der Waals surface area contributed by atoms with Crippen LogP contribution >= 0.6 is 0 Å². The third-order valence-electron chi connectivity index (χ3n) is 5.18. The van der Waals surface area contributed by atoms with Gasteiger partial charge in [-0.15, -0.1) is 0 Å². The van der Waals surface area contributed by atoms with Crippen LogP contribution in [0.15, 0.2) is 42.5 Å². The van der Waals surface area contributed by atoms with Crippen molar-refractivity contribution in [3.63, 3.8) is 0 Å². The minimum Gasteiger partial charge on any atom is -0.454 e. The number of ether oxygens (including phenoxy) is 2. The molecule has 0 atom stereocenters. The van der Waals surface area contributed by atoms with E-state index < -0.39 is 0 Å². The molecule has 0 radical (unpaired) electrons. The molecule has 0 bridgehead atoms. The van der Waals surface area contributed by atoms with E-state index in [9.17, 15) is 10.1 Å². The summed E-state index contributed by atoms with van der Waals surface area (Å²) >= 11 is 0. The molecule has 7 nitrogen and oxygen atoms in total. The van der Waals surface area contributed by atoms with Crippen molar-refractivity contribution in [3.05, 3.63) is 63.7 Å². The molecule has 7 heteroatoms. The van der Waals surface area contributed by atoms with Crippen molar-refractivity contribution in [2.24, 2.45) is 0 Å². The molecule has 136 valence electrons. The van der Waals surface area contributed by atoms with Crippen molar-refractivity contribution >= 4 is 5.69 Å². The molecule has 2 N–H and O–H groups in total. The zero-order valence-electron chi connectivity index (χ0n) is 14.6. The molecule has 2 aromatic rings. The van der Waals surface area contributed by atoms with Crippen LogP contribution in [0, 0.1) is 10.1 Å². The van der Waals surface area contributed by atoms with E-state index in [1.807, 2.05) is 18.2 Å². The third kappa shape index (κ3) is 3.63. The monoisotopic (exact) mass is 357 g/mol. The van der Waals surface area contributed by atoms with E-state index >= 15 is 0 Å². The number of para-hydroxylation sites is 1. The Morgan fingerprint density at radius 1 is 0.923 bits per heavy atom. The first-order chi connectivity index (χ1) is 12.7. The standard InChI is InChI=1S/C19H21N3O4/c23-22(24)17-4-2-1-3-16(17)13-21-9-7-20(8-10-21)12-15-5-6-18-19(11-15)26-14-25-18/h1-6,11H,7-10,12-14H2/p+2. The fourth-order valence-electron chi connectivity index (χ4n) is 3.76. The second-order valence-corrected chi connectivity index (χ2v) is 6.93. The minimum absolute atomic E-state index is 0.232. The van der Waals surface area contributed by atoms with Crippen LogP contribution in [0.4, 0.5) is 5.69 Å². The molecule has 4 rings (SSSR count). The molecule has 2 aromatic carbocycles. The number of nitrogens with one attached hydrogen (secondary N) is 2. The Bertz CT molecular complexity index is 803. The second-order valence-electron chi connectivity index (χ2n) is 6.93. The summed E-state index contributed by atoms with van der Waals surface area (Å²) in [5.74, 6) is 1.66. The number of hydrogen-bond acceptors (Lipinski definition) is 4. The van der Waals surface area contributed by atoms with Gasteiger partial charge in [0.15, 0.2) is 11.5 Å². The number of piperazine rings is 1. The molecule has 0 spiro atoms. The topological polar surface area (TPSA) is 70.5 Å². The Morgan fingerprint density at radius 3 is 2.38 bits per heavy atom. The molecule has 2 aliphatic rings. The summed E-state index contributed by atoms with van der Waals surface area (Å²) in [6, 6.07) is 13.2. The average Bonchev–Trinajstić information content (AvgIpc) is 3.11. The number of nitrogens with zero attached hydrogens (tertiary/aromatic N) is 1. The van der Waals surface area contributed by atoms with Crippen molar-refractivity contribution < 1.29 is 24.2 Å². The van der Waals surface area contributed by atoms with Crippen molar-refractivity contribution in [1.82, 2.24) is 0 Å². The molecule has 1 fully saturated rings. The van der Waals surface area contributed by atoms with Gasteiger partial charge in [0.05, 0.1) is 10.5 Å². The first kappa shape index (κ1) is 16.8. The Kier molecular flexibility index (Phi) is 4.73. The molecule has 0 unspecified atom stereocenters. The van der Waals surface area contributed by atoms with E-state index in [2.05, 4.69) is 12.1 Å². The van der Waals surface area contributed by atoms with E-state index in [-0.39, 0.29) is 10.6 Å². The predicted octanol–water partition coefficient (Wildman–Crippen LogP) is -0.193. The first-order valence-electron chi connectivity index (χ1n) is 8.97. The molecule has 1 saturated heterocycles. The van der Waals surface area contributed by atoms with Gasteiger partial charge in [-0.25, -0.2) is 0 Å².